The highest BCUT2D eigenvalue weighted by Gasteiger charge is 2.33. The molecule has 3 aliphatic rings. The standard InChI is InChI=1S/C16H28N2O3/c19-15(16(20)17-14-1-2-14)13-3-7-18(8-4-13)11-12-5-9-21-10-6-12/h12-15,19H,1-11H2,(H,17,20). The van der Waals surface area contributed by atoms with Crippen molar-refractivity contribution in [3.63, 3.8) is 0 Å². The van der Waals surface area contributed by atoms with Crippen LogP contribution in [-0.2, 0) is 9.53 Å². The molecule has 0 aromatic rings. The number of hydrogen-bond donors (Lipinski definition) is 2. The lowest BCUT2D eigenvalue weighted by Gasteiger charge is -2.36. The molecule has 1 amide bonds. The van der Waals surface area contributed by atoms with Crippen molar-refractivity contribution in [3.05, 3.63) is 0 Å². The number of aliphatic hydroxyl groups excluding tert-OH is 1. The predicted octanol–water partition coefficient (Wildman–Crippen LogP) is 0.764. The van der Waals surface area contributed by atoms with Crippen LogP contribution < -0.4 is 5.32 Å². The van der Waals surface area contributed by atoms with E-state index < -0.39 is 6.10 Å². The summed E-state index contributed by atoms with van der Waals surface area (Å²) >= 11 is 0. The van der Waals surface area contributed by atoms with Crippen molar-refractivity contribution in [2.45, 2.75) is 50.7 Å². The highest BCUT2D eigenvalue weighted by Crippen LogP contribution is 2.25. The quantitative estimate of drug-likeness (QED) is 0.786. The number of nitrogens with one attached hydrogen (secondary N) is 1. The summed E-state index contributed by atoms with van der Waals surface area (Å²) in [5.74, 6) is 0.744. The number of rotatable bonds is 5. The van der Waals surface area contributed by atoms with Crippen LogP contribution in [0.3, 0.4) is 0 Å². The SMILES string of the molecule is O=C(NC1CC1)C(O)C1CCN(CC2CCOCC2)CC1. The third-order valence-electron chi connectivity index (χ3n) is 5.13. The molecule has 21 heavy (non-hydrogen) atoms. The summed E-state index contributed by atoms with van der Waals surface area (Å²) in [5, 5.41) is 13.1. The Balaban J connectivity index is 1.38. The van der Waals surface area contributed by atoms with Crippen LogP contribution >= 0.6 is 0 Å². The lowest BCUT2D eigenvalue weighted by atomic mass is 9.89. The van der Waals surface area contributed by atoms with E-state index in [1.165, 1.54) is 12.8 Å². The molecule has 3 rings (SSSR count). The largest absolute Gasteiger partial charge is 0.383 e. The van der Waals surface area contributed by atoms with Crippen LogP contribution in [0.2, 0.25) is 0 Å². The fourth-order valence-electron chi connectivity index (χ4n) is 3.47. The molecule has 1 atom stereocenters. The topological polar surface area (TPSA) is 61.8 Å². The molecule has 5 nitrogen and oxygen atoms in total. The Kier molecular flexibility index (Phi) is 5.14. The summed E-state index contributed by atoms with van der Waals surface area (Å²) in [6.07, 6.45) is 5.55. The number of aliphatic hydroxyl groups is 1. The van der Waals surface area contributed by atoms with Gasteiger partial charge in [0.2, 0.25) is 5.91 Å². The van der Waals surface area contributed by atoms with Gasteiger partial charge in [0.15, 0.2) is 0 Å². The number of ether oxygens (including phenoxy) is 1. The first kappa shape index (κ1) is 15.3. The van der Waals surface area contributed by atoms with Crippen LogP contribution in [0, 0.1) is 11.8 Å². The molecule has 2 saturated heterocycles. The molecule has 0 aromatic heterocycles. The molecule has 2 aliphatic heterocycles. The highest BCUT2D eigenvalue weighted by molar-refractivity contribution is 5.81. The zero-order valence-corrected chi connectivity index (χ0v) is 12.8. The minimum absolute atomic E-state index is 0.134. The van der Waals surface area contributed by atoms with Gasteiger partial charge in [0.05, 0.1) is 0 Å². The van der Waals surface area contributed by atoms with E-state index in [-0.39, 0.29) is 11.8 Å². The maximum atomic E-state index is 11.9. The van der Waals surface area contributed by atoms with Crippen molar-refractivity contribution >= 4 is 5.91 Å². The fraction of sp³-hybridized carbons (Fsp3) is 0.938. The second kappa shape index (κ2) is 7.07. The van der Waals surface area contributed by atoms with Crippen molar-refractivity contribution in [1.82, 2.24) is 10.2 Å². The fourth-order valence-corrected chi connectivity index (χ4v) is 3.47. The Morgan fingerprint density at radius 1 is 1.14 bits per heavy atom. The van der Waals surface area contributed by atoms with Gasteiger partial charge in [-0.3, -0.25) is 4.79 Å². The van der Waals surface area contributed by atoms with E-state index in [9.17, 15) is 9.90 Å². The molecule has 1 saturated carbocycles. The van der Waals surface area contributed by atoms with Gasteiger partial charge in [-0.05, 0) is 63.5 Å². The average molecular weight is 296 g/mol. The molecule has 0 radical (unpaired) electrons. The van der Waals surface area contributed by atoms with Gasteiger partial charge in [0.25, 0.3) is 0 Å². The number of carbonyl (C=O) groups excluding carboxylic acids is 1. The zero-order chi connectivity index (χ0) is 14.7. The van der Waals surface area contributed by atoms with Gasteiger partial charge in [-0.1, -0.05) is 0 Å². The number of piperidine rings is 1. The summed E-state index contributed by atoms with van der Waals surface area (Å²) in [6, 6.07) is 0.334. The molecular formula is C16H28N2O3. The average Bonchev–Trinajstić information content (AvgIpc) is 3.32. The van der Waals surface area contributed by atoms with E-state index in [4.69, 9.17) is 4.74 Å². The molecule has 2 N–H and O–H groups in total. The van der Waals surface area contributed by atoms with Crippen molar-refractivity contribution < 1.29 is 14.6 Å². The van der Waals surface area contributed by atoms with Crippen LogP contribution in [0.15, 0.2) is 0 Å². The molecule has 1 aliphatic carbocycles. The van der Waals surface area contributed by atoms with Crippen LogP contribution in [0.1, 0.15) is 38.5 Å². The van der Waals surface area contributed by atoms with Crippen molar-refractivity contribution in [2.24, 2.45) is 11.8 Å². The van der Waals surface area contributed by atoms with E-state index in [0.29, 0.717) is 6.04 Å². The van der Waals surface area contributed by atoms with Gasteiger partial charge in [0, 0.05) is 25.8 Å². The minimum Gasteiger partial charge on any atom is -0.383 e. The Bertz CT molecular complexity index is 345. The van der Waals surface area contributed by atoms with Gasteiger partial charge in [-0.25, -0.2) is 0 Å². The van der Waals surface area contributed by atoms with Gasteiger partial charge < -0.3 is 20.1 Å². The molecule has 0 aromatic carbocycles. The van der Waals surface area contributed by atoms with E-state index in [1.807, 2.05) is 0 Å². The van der Waals surface area contributed by atoms with Gasteiger partial charge in [0.1, 0.15) is 6.10 Å². The van der Waals surface area contributed by atoms with Crippen LogP contribution in [-0.4, -0.2) is 60.9 Å². The Morgan fingerprint density at radius 3 is 2.43 bits per heavy atom. The first-order chi connectivity index (χ1) is 10.2. The number of amides is 1. The molecular weight excluding hydrogens is 268 g/mol. The van der Waals surface area contributed by atoms with Crippen LogP contribution in [0.5, 0.6) is 0 Å². The van der Waals surface area contributed by atoms with Gasteiger partial charge in [-0.2, -0.15) is 0 Å². The van der Waals surface area contributed by atoms with E-state index in [2.05, 4.69) is 10.2 Å². The third-order valence-corrected chi connectivity index (χ3v) is 5.13. The maximum Gasteiger partial charge on any atom is 0.249 e. The van der Waals surface area contributed by atoms with Crippen molar-refractivity contribution in [1.29, 1.82) is 0 Å². The minimum atomic E-state index is -0.809. The highest BCUT2D eigenvalue weighted by atomic mass is 16.5. The third kappa shape index (κ3) is 4.41. The van der Waals surface area contributed by atoms with Gasteiger partial charge in [-0.15, -0.1) is 0 Å². The monoisotopic (exact) mass is 296 g/mol. The van der Waals surface area contributed by atoms with Crippen LogP contribution in [0.25, 0.3) is 0 Å². The number of hydrogen-bond acceptors (Lipinski definition) is 4. The molecule has 0 bridgehead atoms. The van der Waals surface area contributed by atoms with Crippen molar-refractivity contribution in [3.8, 4) is 0 Å². The molecule has 2 heterocycles. The van der Waals surface area contributed by atoms with E-state index >= 15 is 0 Å². The normalized spacial score (nSPS) is 27.5. The molecule has 5 heteroatoms. The summed E-state index contributed by atoms with van der Waals surface area (Å²) < 4.78 is 5.40. The van der Waals surface area contributed by atoms with Crippen LogP contribution in [0.4, 0.5) is 0 Å². The number of carbonyl (C=O) groups is 1. The summed E-state index contributed by atoms with van der Waals surface area (Å²) in [7, 11) is 0. The Hall–Kier alpha value is -0.650. The second-order valence-electron chi connectivity index (χ2n) is 6.92. The van der Waals surface area contributed by atoms with E-state index in [0.717, 1.165) is 64.4 Å². The molecule has 3 fully saturated rings. The number of likely N-dealkylation sites (tertiary alicyclic amines) is 1. The first-order valence-electron chi connectivity index (χ1n) is 8.51. The smallest absolute Gasteiger partial charge is 0.249 e. The lowest BCUT2D eigenvalue weighted by Crippen LogP contribution is -2.46. The maximum absolute atomic E-state index is 11.9. The van der Waals surface area contributed by atoms with Crippen molar-refractivity contribution in [2.75, 3.05) is 32.8 Å². The summed E-state index contributed by atoms with van der Waals surface area (Å²) in [5.41, 5.74) is 0. The molecule has 0 spiro atoms. The predicted molar refractivity (Wildman–Crippen MR) is 79.9 cm³/mol. The molecule has 1 unspecified atom stereocenters. The second-order valence-corrected chi connectivity index (χ2v) is 6.92. The first-order valence-corrected chi connectivity index (χ1v) is 8.51. The number of nitrogens with zero attached hydrogens (tertiary/aromatic N) is 1. The lowest BCUT2D eigenvalue weighted by molar-refractivity contribution is -0.133. The zero-order valence-electron chi connectivity index (χ0n) is 12.8. The van der Waals surface area contributed by atoms with E-state index in [1.54, 1.807) is 0 Å². The van der Waals surface area contributed by atoms with Gasteiger partial charge >= 0.3 is 0 Å². The molecule has 120 valence electrons. The Morgan fingerprint density at radius 2 is 1.81 bits per heavy atom. The Labute approximate surface area is 127 Å². The summed E-state index contributed by atoms with van der Waals surface area (Å²) in [6.45, 7) is 4.98. The summed E-state index contributed by atoms with van der Waals surface area (Å²) in [4.78, 5) is 14.4.